The number of nitrogens with one attached hydrogen (secondary N) is 1. The number of morpholine rings is 1. The molecule has 1 saturated heterocycles. The van der Waals surface area contributed by atoms with Crippen molar-refractivity contribution in [1.82, 2.24) is 20.2 Å². The molecule has 1 N–H and O–H groups in total. The Hall–Kier alpha value is -2.84. The van der Waals surface area contributed by atoms with Crippen molar-refractivity contribution < 1.29 is 14.3 Å². The third-order valence-electron chi connectivity index (χ3n) is 4.82. The number of amides is 2. The number of carbonyl (C=O) groups is 2. The molecule has 0 spiro atoms. The zero-order valence-electron chi connectivity index (χ0n) is 16.9. The fraction of sp³-hybridized carbons (Fsp3) is 0.429. The SMILES string of the molecule is CC(=O)NCCc1cncc(C2CN(CC(=O)N(C)c3ccccc3)CCO2)n1. The zero-order valence-corrected chi connectivity index (χ0v) is 16.9. The summed E-state index contributed by atoms with van der Waals surface area (Å²) in [4.78, 5) is 36.3. The standard InChI is InChI=1S/C21H27N5O3/c1-16(27)23-9-8-17-12-22-13-19(24-17)20-14-26(10-11-29-20)15-21(28)25(2)18-6-4-3-5-7-18/h3-7,12-13,20H,8-11,14-15H2,1-2H3,(H,23,27). The Morgan fingerprint density at radius 3 is 2.83 bits per heavy atom. The second-order valence-corrected chi connectivity index (χ2v) is 7.05. The normalized spacial score (nSPS) is 17.0. The molecule has 1 aromatic carbocycles. The third-order valence-corrected chi connectivity index (χ3v) is 4.82. The van der Waals surface area contributed by atoms with E-state index in [2.05, 4.69) is 20.2 Å². The van der Waals surface area contributed by atoms with E-state index in [0.29, 0.717) is 39.2 Å². The molecule has 8 heteroatoms. The highest BCUT2D eigenvalue weighted by atomic mass is 16.5. The van der Waals surface area contributed by atoms with Gasteiger partial charge in [0.05, 0.1) is 30.7 Å². The minimum atomic E-state index is -0.230. The lowest BCUT2D eigenvalue weighted by Crippen LogP contribution is -2.45. The molecule has 1 aromatic heterocycles. The molecule has 1 aliphatic heterocycles. The van der Waals surface area contributed by atoms with Crippen molar-refractivity contribution in [1.29, 1.82) is 0 Å². The average Bonchev–Trinajstić information content (AvgIpc) is 2.74. The minimum absolute atomic E-state index is 0.0343. The Labute approximate surface area is 170 Å². The third kappa shape index (κ3) is 6.07. The number of hydrogen-bond acceptors (Lipinski definition) is 6. The molecule has 2 heterocycles. The van der Waals surface area contributed by atoms with Gasteiger partial charge in [0.15, 0.2) is 0 Å². The van der Waals surface area contributed by atoms with Crippen LogP contribution in [0.3, 0.4) is 0 Å². The molecule has 1 aliphatic rings. The van der Waals surface area contributed by atoms with Gasteiger partial charge >= 0.3 is 0 Å². The van der Waals surface area contributed by atoms with Crippen LogP contribution >= 0.6 is 0 Å². The highest BCUT2D eigenvalue weighted by molar-refractivity contribution is 5.94. The van der Waals surface area contributed by atoms with Crippen molar-refractivity contribution in [2.45, 2.75) is 19.4 Å². The number of rotatable bonds is 7. The fourth-order valence-electron chi connectivity index (χ4n) is 3.18. The summed E-state index contributed by atoms with van der Waals surface area (Å²) < 4.78 is 5.88. The maximum absolute atomic E-state index is 12.7. The maximum atomic E-state index is 12.7. The Morgan fingerprint density at radius 1 is 1.28 bits per heavy atom. The van der Waals surface area contributed by atoms with Gasteiger partial charge in [-0.15, -0.1) is 0 Å². The number of hydrogen-bond donors (Lipinski definition) is 1. The molecule has 0 saturated carbocycles. The van der Waals surface area contributed by atoms with Crippen LogP contribution in [-0.4, -0.2) is 66.5 Å². The van der Waals surface area contributed by atoms with Crippen LogP contribution in [0.2, 0.25) is 0 Å². The van der Waals surface area contributed by atoms with Crippen LogP contribution in [0.25, 0.3) is 0 Å². The van der Waals surface area contributed by atoms with Gasteiger partial charge in [0.1, 0.15) is 6.10 Å². The van der Waals surface area contributed by atoms with Crippen molar-refractivity contribution in [2.75, 3.05) is 44.7 Å². The topological polar surface area (TPSA) is 87.7 Å². The summed E-state index contributed by atoms with van der Waals surface area (Å²) in [6, 6.07) is 9.60. The summed E-state index contributed by atoms with van der Waals surface area (Å²) in [5, 5.41) is 2.76. The lowest BCUT2D eigenvalue weighted by Gasteiger charge is -2.33. The summed E-state index contributed by atoms with van der Waals surface area (Å²) in [6.07, 6.45) is 3.78. The highest BCUT2D eigenvalue weighted by Crippen LogP contribution is 2.21. The van der Waals surface area contributed by atoms with E-state index in [-0.39, 0.29) is 17.9 Å². The zero-order chi connectivity index (χ0) is 20.6. The number of likely N-dealkylation sites (N-methyl/N-ethyl adjacent to an activating group) is 1. The molecule has 1 atom stereocenters. The average molecular weight is 397 g/mol. The number of aromatic nitrogens is 2. The first-order valence-corrected chi connectivity index (χ1v) is 9.73. The van der Waals surface area contributed by atoms with Crippen molar-refractivity contribution >= 4 is 17.5 Å². The van der Waals surface area contributed by atoms with Gasteiger partial charge in [0.2, 0.25) is 11.8 Å². The van der Waals surface area contributed by atoms with Gasteiger partial charge in [-0.2, -0.15) is 0 Å². The molecule has 0 radical (unpaired) electrons. The van der Waals surface area contributed by atoms with Gasteiger partial charge in [-0.25, -0.2) is 0 Å². The molecule has 154 valence electrons. The molecule has 2 aromatic rings. The maximum Gasteiger partial charge on any atom is 0.240 e. The van der Waals surface area contributed by atoms with Crippen molar-refractivity contribution in [2.24, 2.45) is 0 Å². The van der Waals surface area contributed by atoms with E-state index < -0.39 is 0 Å². The van der Waals surface area contributed by atoms with Crippen LogP contribution < -0.4 is 10.2 Å². The number of ether oxygens (including phenoxy) is 1. The predicted octanol–water partition coefficient (Wildman–Crippen LogP) is 1.19. The monoisotopic (exact) mass is 397 g/mol. The molecule has 3 rings (SSSR count). The first-order chi connectivity index (χ1) is 14.0. The molecule has 1 unspecified atom stereocenters. The number of carbonyl (C=O) groups excluding carboxylic acids is 2. The van der Waals surface area contributed by atoms with Crippen molar-refractivity contribution in [3.05, 3.63) is 54.1 Å². The molecule has 0 aliphatic carbocycles. The van der Waals surface area contributed by atoms with Crippen LogP contribution in [0.15, 0.2) is 42.7 Å². The Kier molecular flexibility index (Phi) is 7.26. The summed E-state index contributed by atoms with van der Waals surface area (Å²) in [5.41, 5.74) is 2.43. The Bertz CT molecular complexity index is 830. The first-order valence-electron chi connectivity index (χ1n) is 9.73. The van der Waals surface area contributed by atoms with Gasteiger partial charge in [-0.1, -0.05) is 18.2 Å². The molecular weight excluding hydrogens is 370 g/mol. The van der Waals surface area contributed by atoms with E-state index in [9.17, 15) is 9.59 Å². The lowest BCUT2D eigenvalue weighted by atomic mass is 10.2. The minimum Gasteiger partial charge on any atom is -0.369 e. The van der Waals surface area contributed by atoms with Gasteiger partial charge in [-0.05, 0) is 12.1 Å². The summed E-state index contributed by atoms with van der Waals surface area (Å²) in [5.74, 6) is -0.0301. The molecule has 29 heavy (non-hydrogen) atoms. The number of benzene rings is 1. The Balaban J connectivity index is 1.57. The van der Waals surface area contributed by atoms with Gasteiger partial charge < -0.3 is 15.0 Å². The molecule has 0 bridgehead atoms. The lowest BCUT2D eigenvalue weighted by molar-refractivity contribution is -0.121. The van der Waals surface area contributed by atoms with Gasteiger partial charge in [-0.3, -0.25) is 24.5 Å². The quantitative estimate of drug-likeness (QED) is 0.755. The number of nitrogens with zero attached hydrogens (tertiary/aromatic N) is 4. The van der Waals surface area contributed by atoms with Crippen LogP contribution in [-0.2, 0) is 20.7 Å². The van der Waals surface area contributed by atoms with Crippen LogP contribution in [0.1, 0.15) is 24.4 Å². The van der Waals surface area contributed by atoms with E-state index >= 15 is 0 Å². The van der Waals surface area contributed by atoms with Crippen molar-refractivity contribution in [3.63, 3.8) is 0 Å². The van der Waals surface area contributed by atoms with E-state index in [1.807, 2.05) is 30.3 Å². The van der Waals surface area contributed by atoms with E-state index in [1.54, 1.807) is 24.3 Å². The molecular formula is C21H27N5O3. The smallest absolute Gasteiger partial charge is 0.240 e. The summed E-state index contributed by atoms with van der Waals surface area (Å²) in [6.45, 7) is 4.14. The molecule has 2 amide bonds. The van der Waals surface area contributed by atoms with E-state index in [4.69, 9.17) is 4.74 Å². The second-order valence-electron chi connectivity index (χ2n) is 7.05. The number of anilines is 1. The van der Waals surface area contributed by atoms with Crippen LogP contribution in [0.5, 0.6) is 0 Å². The Morgan fingerprint density at radius 2 is 2.07 bits per heavy atom. The van der Waals surface area contributed by atoms with Crippen molar-refractivity contribution in [3.8, 4) is 0 Å². The second kappa shape index (κ2) is 10.1. The highest BCUT2D eigenvalue weighted by Gasteiger charge is 2.26. The van der Waals surface area contributed by atoms with Gasteiger partial charge in [0, 0.05) is 51.9 Å². The molecule has 8 nitrogen and oxygen atoms in total. The first kappa shape index (κ1) is 20.9. The number of para-hydroxylation sites is 1. The largest absolute Gasteiger partial charge is 0.369 e. The fourth-order valence-corrected chi connectivity index (χ4v) is 3.18. The van der Waals surface area contributed by atoms with E-state index in [1.165, 1.54) is 6.92 Å². The summed E-state index contributed by atoms with van der Waals surface area (Å²) in [7, 11) is 1.79. The van der Waals surface area contributed by atoms with Gasteiger partial charge in [0.25, 0.3) is 0 Å². The predicted molar refractivity (Wildman–Crippen MR) is 109 cm³/mol. The van der Waals surface area contributed by atoms with E-state index in [0.717, 1.165) is 17.1 Å². The molecule has 1 fully saturated rings. The summed E-state index contributed by atoms with van der Waals surface area (Å²) >= 11 is 0. The van der Waals surface area contributed by atoms with Crippen LogP contribution in [0, 0.1) is 0 Å². The van der Waals surface area contributed by atoms with Crippen LogP contribution in [0.4, 0.5) is 5.69 Å².